The number of hydrogen-bond acceptors (Lipinski definition) is 6. The first-order chi connectivity index (χ1) is 11.2. The normalized spacial score (nSPS) is 10.7. The summed E-state index contributed by atoms with van der Waals surface area (Å²) in [5.74, 6) is 1.75. The Morgan fingerprint density at radius 3 is 2.22 bits per heavy atom. The molecule has 0 saturated carbocycles. The fourth-order valence-electron chi connectivity index (χ4n) is 2.18. The molecule has 0 aliphatic rings. The Bertz CT molecular complexity index is 608. The molecule has 7 heteroatoms. The maximum atomic E-state index is 5.93. The van der Waals surface area contributed by atoms with Crippen molar-refractivity contribution < 1.29 is 18.9 Å². The molecule has 0 amide bonds. The third-order valence-electron chi connectivity index (χ3n) is 3.30. The molecule has 0 bridgehead atoms. The van der Waals surface area contributed by atoms with Crippen molar-refractivity contribution in [1.29, 1.82) is 0 Å². The number of H-pyrrole nitrogens is 1. The SMILES string of the molecule is COCCOc1ccc(-c2c(N)n[nH]c2C)cc1OCCOC. The molecule has 0 aliphatic carbocycles. The molecule has 0 radical (unpaired) electrons. The Balaban J connectivity index is 2.26. The number of nitrogens with one attached hydrogen (secondary N) is 1. The molecule has 0 unspecified atom stereocenters. The second kappa shape index (κ2) is 8.40. The number of aryl methyl sites for hydroxylation is 1. The molecular formula is C16H23N3O4. The second-order valence-corrected chi connectivity index (χ2v) is 4.95. The molecule has 1 heterocycles. The molecule has 2 aromatic rings. The summed E-state index contributed by atoms with van der Waals surface area (Å²) in [5, 5.41) is 6.90. The highest BCUT2D eigenvalue weighted by molar-refractivity contribution is 5.77. The van der Waals surface area contributed by atoms with E-state index in [0.29, 0.717) is 43.7 Å². The van der Waals surface area contributed by atoms with Crippen LogP contribution in [0.15, 0.2) is 18.2 Å². The molecule has 0 fully saturated rings. The van der Waals surface area contributed by atoms with E-state index in [1.54, 1.807) is 14.2 Å². The van der Waals surface area contributed by atoms with Crippen molar-refractivity contribution in [3.63, 3.8) is 0 Å². The molecule has 2 rings (SSSR count). The summed E-state index contributed by atoms with van der Waals surface area (Å²) in [6, 6.07) is 5.69. The first-order valence-corrected chi connectivity index (χ1v) is 7.35. The van der Waals surface area contributed by atoms with Crippen LogP contribution >= 0.6 is 0 Å². The Labute approximate surface area is 135 Å². The highest BCUT2D eigenvalue weighted by Crippen LogP contribution is 2.35. The summed E-state index contributed by atoms with van der Waals surface area (Å²) in [6.07, 6.45) is 0. The van der Waals surface area contributed by atoms with Crippen LogP contribution in [0.4, 0.5) is 5.82 Å². The Morgan fingerprint density at radius 1 is 1.00 bits per heavy atom. The zero-order valence-corrected chi connectivity index (χ0v) is 13.7. The second-order valence-electron chi connectivity index (χ2n) is 4.95. The van der Waals surface area contributed by atoms with E-state index in [1.807, 2.05) is 25.1 Å². The minimum atomic E-state index is 0.431. The van der Waals surface area contributed by atoms with Gasteiger partial charge in [-0.15, -0.1) is 0 Å². The third kappa shape index (κ3) is 4.37. The minimum Gasteiger partial charge on any atom is -0.487 e. The van der Waals surface area contributed by atoms with E-state index in [4.69, 9.17) is 24.7 Å². The van der Waals surface area contributed by atoms with Crippen LogP contribution in [0.1, 0.15) is 5.69 Å². The minimum absolute atomic E-state index is 0.431. The van der Waals surface area contributed by atoms with Crippen molar-refractivity contribution in [1.82, 2.24) is 10.2 Å². The molecule has 0 saturated heterocycles. The summed E-state index contributed by atoms with van der Waals surface area (Å²) >= 11 is 0. The number of benzene rings is 1. The van der Waals surface area contributed by atoms with Gasteiger partial charge in [0.15, 0.2) is 17.3 Å². The largest absolute Gasteiger partial charge is 0.487 e. The summed E-state index contributed by atoms with van der Waals surface area (Å²) in [5.41, 5.74) is 8.61. The van der Waals surface area contributed by atoms with Crippen LogP contribution in [0.5, 0.6) is 11.5 Å². The van der Waals surface area contributed by atoms with Gasteiger partial charge in [0.05, 0.1) is 13.2 Å². The van der Waals surface area contributed by atoms with Crippen LogP contribution in [0.3, 0.4) is 0 Å². The number of nitrogens with two attached hydrogens (primary N) is 1. The molecule has 7 nitrogen and oxygen atoms in total. The summed E-state index contributed by atoms with van der Waals surface area (Å²) in [6.45, 7) is 3.80. The summed E-state index contributed by atoms with van der Waals surface area (Å²) in [4.78, 5) is 0. The van der Waals surface area contributed by atoms with E-state index in [-0.39, 0.29) is 0 Å². The maximum Gasteiger partial charge on any atom is 0.161 e. The first-order valence-electron chi connectivity index (χ1n) is 7.35. The number of methoxy groups -OCH3 is 2. The molecule has 0 aliphatic heterocycles. The van der Waals surface area contributed by atoms with Crippen molar-refractivity contribution in [2.75, 3.05) is 46.4 Å². The lowest BCUT2D eigenvalue weighted by Crippen LogP contribution is -2.08. The van der Waals surface area contributed by atoms with Gasteiger partial charge in [-0.2, -0.15) is 5.10 Å². The van der Waals surface area contributed by atoms with Crippen molar-refractivity contribution in [3.05, 3.63) is 23.9 Å². The van der Waals surface area contributed by atoms with Gasteiger partial charge in [-0.05, 0) is 24.6 Å². The van der Waals surface area contributed by atoms with Gasteiger partial charge in [-0.3, -0.25) is 5.10 Å². The van der Waals surface area contributed by atoms with Crippen molar-refractivity contribution in [2.24, 2.45) is 0 Å². The predicted octanol–water partition coefficient (Wildman–Crippen LogP) is 2.02. The van der Waals surface area contributed by atoms with Gasteiger partial charge in [0.25, 0.3) is 0 Å². The first kappa shape index (κ1) is 17.1. The maximum absolute atomic E-state index is 5.93. The molecule has 126 valence electrons. The zero-order chi connectivity index (χ0) is 16.7. The predicted molar refractivity (Wildman–Crippen MR) is 87.9 cm³/mol. The number of aromatic nitrogens is 2. The summed E-state index contributed by atoms with van der Waals surface area (Å²) < 4.78 is 21.5. The summed E-state index contributed by atoms with van der Waals surface area (Å²) in [7, 11) is 3.26. The zero-order valence-electron chi connectivity index (χ0n) is 13.7. The number of hydrogen-bond donors (Lipinski definition) is 2. The average molecular weight is 321 g/mol. The standard InChI is InChI=1S/C16H23N3O4/c1-11-15(16(17)19-18-11)12-4-5-13(22-8-6-20-2)14(10-12)23-9-7-21-3/h4-5,10H,6-9H2,1-3H3,(H3,17,18,19). The van der Waals surface area contributed by atoms with Crippen LogP contribution in [-0.4, -0.2) is 50.8 Å². The molecule has 0 spiro atoms. The molecule has 1 aromatic carbocycles. The van der Waals surface area contributed by atoms with E-state index in [1.165, 1.54) is 0 Å². The van der Waals surface area contributed by atoms with Crippen LogP contribution in [0.2, 0.25) is 0 Å². The van der Waals surface area contributed by atoms with Crippen molar-refractivity contribution >= 4 is 5.82 Å². The van der Waals surface area contributed by atoms with Crippen LogP contribution in [0, 0.1) is 6.92 Å². The fraction of sp³-hybridized carbons (Fsp3) is 0.438. The molecule has 1 aromatic heterocycles. The van der Waals surface area contributed by atoms with Gasteiger partial charge < -0.3 is 24.7 Å². The van der Waals surface area contributed by atoms with E-state index >= 15 is 0 Å². The highest BCUT2D eigenvalue weighted by Gasteiger charge is 2.14. The lowest BCUT2D eigenvalue weighted by molar-refractivity contribution is 0.132. The quantitative estimate of drug-likeness (QED) is 0.687. The van der Waals surface area contributed by atoms with Gasteiger partial charge in [0.1, 0.15) is 13.2 Å². The average Bonchev–Trinajstić information content (AvgIpc) is 2.88. The van der Waals surface area contributed by atoms with E-state index in [9.17, 15) is 0 Å². The Morgan fingerprint density at radius 2 is 1.65 bits per heavy atom. The smallest absolute Gasteiger partial charge is 0.161 e. The number of nitrogens with zero attached hydrogens (tertiary/aromatic N) is 1. The number of aromatic amines is 1. The number of anilines is 1. The number of rotatable bonds is 9. The van der Waals surface area contributed by atoms with Crippen molar-refractivity contribution in [2.45, 2.75) is 6.92 Å². The van der Waals surface area contributed by atoms with Gasteiger partial charge >= 0.3 is 0 Å². The highest BCUT2D eigenvalue weighted by atomic mass is 16.5. The lowest BCUT2D eigenvalue weighted by atomic mass is 10.1. The van der Waals surface area contributed by atoms with Gasteiger partial charge in [0, 0.05) is 25.5 Å². The van der Waals surface area contributed by atoms with Gasteiger partial charge in [-0.1, -0.05) is 6.07 Å². The van der Waals surface area contributed by atoms with Crippen LogP contribution < -0.4 is 15.2 Å². The topological polar surface area (TPSA) is 91.6 Å². The van der Waals surface area contributed by atoms with Crippen molar-refractivity contribution in [3.8, 4) is 22.6 Å². The Hall–Kier alpha value is -2.25. The van der Waals surface area contributed by atoms with Crippen LogP contribution in [0.25, 0.3) is 11.1 Å². The number of nitrogen functional groups attached to an aromatic ring is 1. The molecule has 23 heavy (non-hydrogen) atoms. The van der Waals surface area contributed by atoms with E-state index in [0.717, 1.165) is 16.8 Å². The fourth-order valence-corrected chi connectivity index (χ4v) is 2.18. The molecule has 3 N–H and O–H groups in total. The van der Waals surface area contributed by atoms with Gasteiger partial charge in [-0.25, -0.2) is 0 Å². The third-order valence-corrected chi connectivity index (χ3v) is 3.30. The number of ether oxygens (including phenoxy) is 4. The Kier molecular flexibility index (Phi) is 6.25. The van der Waals surface area contributed by atoms with Crippen LogP contribution in [-0.2, 0) is 9.47 Å². The lowest BCUT2D eigenvalue weighted by Gasteiger charge is -2.14. The molecular weight excluding hydrogens is 298 g/mol. The monoisotopic (exact) mass is 321 g/mol. The molecule has 0 atom stereocenters. The van der Waals surface area contributed by atoms with Gasteiger partial charge in [0.2, 0.25) is 0 Å². The van der Waals surface area contributed by atoms with E-state index < -0.39 is 0 Å². The van der Waals surface area contributed by atoms with E-state index in [2.05, 4.69) is 10.2 Å².